The van der Waals surface area contributed by atoms with Gasteiger partial charge in [0, 0.05) is 25.1 Å². The highest BCUT2D eigenvalue weighted by Crippen LogP contribution is 2.36. The molecule has 30 heavy (non-hydrogen) atoms. The van der Waals surface area contributed by atoms with E-state index in [1.165, 1.54) is 25.7 Å². The van der Waals surface area contributed by atoms with Crippen molar-refractivity contribution in [3.63, 3.8) is 0 Å². The largest absolute Gasteiger partial charge is 0.511 e. The first-order chi connectivity index (χ1) is 14.4. The van der Waals surface area contributed by atoms with E-state index in [9.17, 15) is 9.90 Å². The maximum absolute atomic E-state index is 13.0. The molecule has 0 atom stereocenters. The van der Waals surface area contributed by atoms with Crippen LogP contribution in [0.4, 0.5) is 0 Å². The Hall–Kier alpha value is -2.42. The number of aliphatic hydroxyl groups is 1. The minimum Gasteiger partial charge on any atom is -0.511 e. The number of aliphatic imine (C=N–C) groups is 1. The molecule has 0 saturated heterocycles. The number of rotatable bonds is 8. The highest BCUT2D eigenvalue weighted by molar-refractivity contribution is 6.24. The molecule has 2 aromatic carbocycles. The van der Waals surface area contributed by atoms with E-state index < -0.39 is 0 Å². The number of ketones is 1. The molecule has 160 valence electrons. The summed E-state index contributed by atoms with van der Waals surface area (Å²) in [7, 11) is 0. The first-order valence-electron chi connectivity index (χ1n) is 11.4. The van der Waals surface area contributed by atoms with Crippen molar-refractivity contribution in [1.29, 1.82) is 0 Å². The number of benzene rings is 2. The second-order valence-corrected chi connectivity index (χ2v) is 9.32. The number of Topliss-reactive ketones (excluding diaryl/α,β-unsaturated/α-hetero) is 1. The topological polar surface area (TPSA) is 49.7 Å². The van der Waals surface area contributed by atoms with E-state index in [1.807, 2.05) is 24.3 Å². The number of unbranched alkanes of at least 4 members (excludes halogenated alkanes) is 4. The van der Waals surface area contributed by atoms with Crippen molar-refractivity contribution in [3.8, 4) is 0 Å². The summed E-state index contributed by atoms with van der Waals surface area (Å²) in [6.45, 7) is 7.17. The van der Waals surface area contributed by atoms with Crippen molar-refractivity contribution in [2.24, 2.45) is 10.4 Å². The molecule has 3 rings (SSSR count). The van der Waals surface area contributed by atoms with Crippen LogP contribution in [0.1, 0.15) is 71.3 Å². The lowest BCUT2D eigenvalue weighted by Gasteiger charge is -2.31. The summed E-state index contributed by atoms with van der Waals surface area (Å²) in [6, 6.07) is 14.3. The van der Waals surface area contributed by atoms with E-state index in [0.29, 0.717) is 18.4 Å². The number of hydrogen-bond acceptors (Lipinski definition) is 3. The van der Waals surface area contributed by atoms with Gasteiger partial charge in [0.2, 0.25) is 0 Å². The Balaban J connectivity index is 1.86. The molecule has 0 radical (unpaired) electrons. The van der Waals surface area contributed by atoms with Gasteiger partial charge < -0.3 is 5.11 Å². The molecule has 0 heterocycles. The maximum atomic E-state index is 13.0. The van der Waals surface area contributed by atoms with Crippen LogP contribution in [0.5, 0.6) is 0 Å². The molecule has 1 saturated carbocycles. The number of allylic oxidation sites excluding steroid dienone is 2. The van der Waals surface area contributed by atoms with Gasteiger partial charge >= 0.3 is 0 Å². The molecule has 0 aromatic heterocycles. The first-order valence-corrected chi connectivity index (χ1v) is 11.4. The number of nitrogens with zero attached hydrogens (tertiary/aromatic N) is 1. The molecule has 0 unspecified atom stereocenters. The molecule has 2 aromatic rings. The highest BCUT2D eigenvalue weighted by atomic mass is 16.3. The number of aliphatic hydroxyl groups excluding tert-OH is 1. The van der Waals surface area contributed by atoms with E-state index in [-0.39, 0.29) is 17.0 Å². The fourth-order valence-electron chi connectivity index (χ4n) is 4.40. The summed E-state index contributed by atoms with van der Waals surface area (Å²) in [5, 5.41) is 13.3. The molecule has 3 heteroatoms. The second kappa shape index (κ2) is 10.1. The summed E-state index contributed by atoms with van der Waals surface area (Å²) in [5.41, 5.74) is 2.19. The molecular weight excluding hydrogens is 370 g/mol. The third-order valence-corrected chi connectivity index (χ3v) is 5.94. The zero-order valence-electron chi connectivity index (χ0n) is 18.7. The molecule has 0 spiro atoms. The molecule has 0 aliphatic heterocycles. The number of fused-ring (bicyclic) bond motifs is 1. The molecule has 1 N–H and O–H groups in total. The Morgan fingerprint density at radius 1 is 1.00 bits per heavy atom. The predicted molar refractivity (Wildman–Crippen MR) is 126 cm³/mol. The van der Waals surface area contributed by atoms with Crippen LogP contribution in [0.15, 0.2) is 58.8 Å². The molecule has 0 amide bonds. The molecule has 3 nitrogen and oxygen atoms in total. The Morgan fingerprint density at radius 2 is 1.73 bits per heavy atom. The van der Waals surface area contributed by atoms with Gasteiger partial charge in [0.25, 0.3) is 0 Å². The van der Waals surface area contributed by atoms with Crippen molar-refractivity contribution >= 4 is 22.3 Å². The zero-order chi connectivity index (χ0) is 21.6. The van der Waals surface area contributed by atoms with Gasteiger partial charge in [0.15, 0.2) is 5.78 Å². The quantitative estimate of drug-likeness (QED) is 0.292. The Morgan fingerprint density at radius 3 is 2.53 bits per heavy atom. The average molecular weight is 406 g/mol. The summed E-state index contributed by atoms with van der Waals surface area (Å²) >= 11 is 0. The van der Waals surface area contributed by atoms with Crippen LogP contribution in [0.2, 0.25) is 0 Å². The van der Waals surface area contributed by atoms with Crippen LogP contribution in [-0.4, -0.2) is 23.1 Å². The molecule has 1 aliphatic carbocycles. The number of hydrogen-bond donors (Lipinski definition) is 1. The number of carbonyl (C=O) groups excluding carboxylic acids is 1. The lowest BCUT2D eigenvalue weighted by atomic mass is 9.73. The maximum Gasteiger partial charge on any atom is 0.168 e. The minimum absolute atomic E-state index is 0.0220. The summed E-state index contributed by atoms with van der Waals surface area (Å²) < 4.78 is 0. The summed E-state index contributed by atoms with van der Waals surface area (Å²) in [5.74, 6) is 0.185. The van der Waals surface area contributed by atoms with Gasteiger partial charge in [-0.3, -0.25) is 9.79 Å². The number of carbonyl (C=O) groups is 1. The zero-order valence-corrected chi connectivity index (χ0v) is 18.7. The Kier molecular flexibility index (Phi) is 7.47. The van der Waals surface area contributed by atoms with Crippen LogP contribution in [-0.2, 0) is 11.2 Å². The Bertz CT molecular complexity index is 947. The van der Waals surface area contributed by atoms with E-state index >= 15 is 0 Å². The monoisotopic (exact) mass is 405 g/mol. The first kappa shape index (κ1) is 22.3. The van der Waals surface area contributed by atoms with Crippen molar-refractivity contribution in [1.82, 2.24) is 0 Å². The van der Waals surface area contributed by atoms with Crippen molar-refractivity contribution in [2.75, 3.05) is 6.54 Å². The summed E-state index contributed by atoms with van der Waals surface area (Å²) in [4.78, 5) is 17.8. The van der Waals surface area contributed by atoms with Gasteiger partial charge in [0.05, 0.1) is 5.57 Å². The molecule has 1 aliphatic rings. The third-order valence-electron chi connectivity index (χ3n) is 5.94. The average Bonchev–Trinajstić information content (AvgIpc) is 2.69. The molecule has 1 fully saturated rings. The lowest BCUT2D eigenvalue weighted by molar-refractivity contribution is -0.117. The van der Waals surface area contributed by atoms with Crippen LogP contribution in [0.25, 0.3) is 10.8 Å². The molecular formula is C27H35NO2. The van der Waals surface area contributed by atoms with Gasteiger partial charge in [-0.1, -0.05) is 88.9 Å². The van der Waals surface area contributed by atoms with Gasteiger partial charge in [-0.05, 0) is 34.6 Å². The van der Waals surface area contributed by atoms with Crippen LogP contribution < -0.4 is 0 Å². The van der Waals surface area contributed by atoms with Gasteiger partial charge in [-0.2, -0.15) is 0 Å². The standard InChI is InChI=1S/C27H35NO2/c1-4-5-6-7-10-16-28-23-18-27(2,3)19-25(30)26(23)24(29)17-21-14-11-13-20-12-8-9-15-22(20)21/h8-9,11-15,29H,4-7,10,16-19H2,1-3H3. The molecule has 0 bridgehead atoms. The highest BCUT2D eigenvalue weighted by Gasteiger charge is 2.36. The van der Waals surface area contributed by atoms with Crippen molar-refractivity contribution in [3.05, 3.63) is 59.4 Å². The lowest BCUT2D eigenvalue weighted by Crippen LogP contribution is -2.33. The van der Waals surface area contributed by atoms with Crippen LogP contribution in [0, 0.1) is 5.41 Å². The minimum atomic E-state index is -0.110. The van der Waals surface area contributed by atoms with Gasteiger partial charge in [0.1, 0.15) is 5.76 Å². The third kappa shape index (κ3) is 5.59. The van der Waals surface area contributed by atoms with Gasteiger partial charge in [-0.25, -0.2) is 0 Å². The van der Waals surface area contributed by atoms with Crippen LogP contribution in [0.3, 0.4) is 0 Å². The van der Waals surface area contributed by atoms with E-state index in [0.717, 1.165) is 41.4 Å². The van der Waals surface area contributed by atoms with Crippen molar-refractivity contribution < 1.29 is 9.90 Å². The predicted octanol–water partition coefficient (Wildman–Crippen LogP) is 6.99. The fraction of sp³-hybridized carbons (Fsp3) is 0.481. The SMILES string of the molecule is CCCCCCCN=C1CC(C)(C)CC(=O)C1=C(O)Cc1cccc2ccccc12. The van der Waals surface area contributed by atoms with E-state index in [2.05, 4.69) is 39.0 Å². The smallest absolute Gasteiger partial charge is 0.168 e. The van der Waals surface area contributed by atoms with Gasteiger partial charge in [-0.15, -0.1) is 0 Å². The second-order valence-electron chi connectivity index (χ2n) is 9.32. The van der Waals surface area contributed by atoms with Crippen molar-refractivity contribution in [2.45, 2.75) is 72.1 Å². The Labute approximate surface area is 180 Å². The van der Waals surface area contributed by atoms with E-state index in [1.54, 1.807) is 0 Å². The fourth-order valence-corrected chi connectivity index (χ4v) is 4.40. The summed E-state index contributed by atoms with van der Waals surface area (Å²) in [6.07, 6.45) is 7.49. The normalized spacial score (nSPS) is 19.4. The van der Waals surface area contributed by atoms with E-state index in [4.69, 9.17) is 4.99 Å². The van der Waals surface area contributed by atoms with Crippen LogP contribution >= 0.6 is 0 Å².